The first-order valence-corrected chi connectivity index (χ1v) is 38.3. The maximum Gasteiger partial charge on any atom is 0.164 e. The fourth-order valence-corrected chi connectivity index (χ4v) is 17.9. The lowest BCUT2D eigenvalue weighted by atomic mass is 9.66. The molecule has 6 nitrogen and oxygen atoms in total. The second kappa shape index (κ2) is 28.5. The summed E-state index contributed by atoms with van der Waals surface area (Å²) in [6, 6.07) is 126. The summed E-state index contributed by atoms with van der Waals surface area (Å²) < 4.78 is 0. The summed E-state index contributed by atoms with van der Waals surface area (Å²) in [6.45, 7) is 0. The topological polar surface area (TPSA) is 77.3 Å². The molecule has 0 aliphatic heterocycles. The van der Waals surface area contributed by atoms with Crippen molar-refractivity contribution in [2.75, 3.05) is 0 Å². The minimum atomic E-state index is 0.108. The molecule has 0 amide bonds. The van der Waals surface area contributed by atoms with Crippen molar-refractivity contribution in [1.82, 2.24) is 29.9 Å². The fraction of sp³-hybridized carbons (Fsp3) is 0.118. The molecule has 4 aliphatic rings. The van der Waals surface area contributed by atoms with Gasteiger partial charge in [-0.05, 0) is 155 Å². The van der Waals surface area contributed by atoms with Gasteiger partial charge in [0.15, 0.2) is 34.9 Å². The van der Waals surface area contributed by atoms with E-state index in [0.29, 0.717) is 34.9 Å². The second-order valence-corrected chi connectivity index (χ2v) is 29.4. The molecule has 2 saturated carbocycles. The zero-order valence-corrected chi connectivity index (χ0v) is 60.2. The molecule has 0 N–H and O–H groups in total. The van der Waals surface area contributed by atoms with Crippen LogP contribution in [-0.2, 0) is 10.8 Å². The van der Waals surface area contributed by atoms with Gasteiger partial charge in [-0.1, -0.05) is 372 Å². The monoisotopic (exact) mass is 1390 g/mol. The van der Waals surface area contributed by atoms with Crippen molar-refractivity contribution >= 4 is 0 Å². The predicted octanol–water partition coefficient (Wildman–Crippen LogP) is 26.2. The molecule has 14 aromatic carbocycles. The van der Waals surface area contributed by atoms with Crippen molar-refractivity contribution < 1.29 is 0 Å². The highest BCUT2D eigenvalue weighted by Crippen LogP contribution is 2.60. The molecule has 516 valence electrons. The highest BCUT2D eigenvalue weighted by atomic mass is 15.0. The van der Waals surface area contributed by atoms with E-state index in [0.717, 1.165) is 50.1 Å². The van der Waals surface area contributed by atoms with Crippen molar-refractivity contribution in [3.8, 4) is 157 Å². The molecule has 6 heteroatoms. The van der Waals surface area contributed by atoms with Crippen LogP contribution in [-0.4, -0.2) is 29.9 Å². The van der Waals surface area contributed by atoms with Crippen LogP contribution >= 0.6 is 0 Å². The van der Waals surface area contributed by atoms with Gasteiger partial charge >= 0.3 is 0 Å². The van der Waals surface area contributed by atoms with E-state index >= 15 is 0 Å². The third kappa shape index (κ3) is 12.3. The number of rotatable bonds is 12. The molecule has 2 heterocycles. The Bertz CT molecular complexity index is 5850. The maximum atomic E-state index is 4.95. The first-order chi connectivity index (χ1) is 53.5. The van der Waals surface area contributed by atoms with Gasteiger partial charge in [0.25, 0.3) is 0 Å². The highest BCUT2D eigenvalue weighted by molar-refractivity contribution is 5.92. The Morgan fingerprint density at radius 3 is 0.778 bits per heavy atom. The maximum absolute atomic E-state index is 4.95. The lowest BCUT2D eigenvalue weighted by Gasteiger charge is -2.37. The molecule has 20 rings (SSSR count). The third-order valence-corrected chi connectivity index (χ3v) is 23.1. The van der Waals surface area contributed by atoms with Crippen molar-refractivity contribution in [2.45, 2.75) is 75.0 Å². The van der Waals surface area contributed by atoms with Crippen LogP contribution in [0, 0.1) is 0 Å². The van der Waals surface area contributed by atoms with Gasteiger partial charge in [0.1, 0.15) is 0 Å². The average Bonchev–Trinajstić information content (AvgIpc) is 1.55. The van der Waals surface area contributed by atoms with Gasteiger partial charge in [-0.25, -0.2) is 29.9 Å². The molecule has 0 bridgehead atoms. The summed E-state index contributed by atoms with van der Waals surface area (Å²) in [5.74, 6) is 3.97. The quantitative estimate of drug-likeness (QED) is 0.121. The Hall–Kier alpha value is -12.9. The molecule has 16 aromatic rings. The van der Waals surface area contributed by atoms with Gasteiger partial charge in [-0.2, -0.15) is 0 Å². The third-order valence-electron chi connectivity index (χ3n) is 23.1. The number of benzene rings is 14. The van der Waals surface area contributed by atoms with Crippen LogP contribution in [0.15, 0.2) is 352 Å². The molecule has 4 aliphatic carbocycles. The smallest absolute Gasteiger partial charge is 0.164 e. The van der Waals surface area contributed by atoms with Gasteiger partial charge in [0.05, 0.1) is 0 Å². The molecule has 108 heavy (non-hydrogen) atoms. The Labute approximate surface area is 632 Å². The van der Waals surface area contributed by atoms with Crippen LogP contribution in [0.25, 0.3) is 157 Å². The molecule has 2 aromatic heterocycles. The number of aromatic nitrogens is 6. The summed E-state index contributed by atoms with van der Waals surface area (Å²) in [7, 11) is 0. The van der Waals surface area contributed by atoms with E-state index < -0.39 is 0 Å². The molecular formula is C102H78N6. The standard InChI is InChI=1S/2C51H39N3/c1-4-15-36(16-5-1)48-52-49(37-17-6-2-7-18-37)54-50(53-48)38-29-27-35(28-30-38)39-19-12-20-40(33-39)41-21-13-22-42(34-41)43-24-14-25-45-44-23-8-9-26-46(44)51(47(43)45)31-10-3-11-32-51;1-4-14-39(15-5-1)48-52-49(40-16-6-2-7-17-40)54-50(53-48)42-19-12-18-41(34-42)37-26-24-35(25-27-37)36-28-30-38(31-29-36)43-21-13-22-45-44-20-8-9-23-46(44)51(47(43)45)32-10-3-11-33-51/h1-2,4-9,12-30,33-34H,3,10-11,31-32H2;1-2,4-9,12-31,34H,3,10-11,32-33H2. The van der Waals surface area contributed by atoms with Crippen molar-refractivity contribution in [3.63, 3.8) is 0 Å². The number of nitrogens with zero attached hydrogens (tertiary/aromatic N) is 6. The van der Waals surface area contributed by atoms with Gasteiger partial charge < -0.3 is 0 Å². The number of fused-ring (bicyclic) bond motifs is 10. The Morgan fingerprint density at radius 2 is 0.389 bits per heavy atom. The minimum Gasteiger partial charge on any atom is -0.208 e. The van der Waals surface area contributed by atoms with Gasteiger partial charge in [0, 0.05) is 44.2 Å². The van der Waals surface area contributed by atoms with Crippen LogP contribution < -0.4 is 0 Å². The van der Waals surface area contributed by atoms with Gasteiger partial charge in [0.2, 0.25) is 0 Å². The summed E-state index contributed by atoms with van der Waals surface area (Å²) in [6.07, 6.45) is 12.8. The molecule has 2 fully saturated rings. The van der Waals surface area contributed by atoms with E-state index in [4.69, 9.17) is 29.9 Å². The zero-order valence-electron chi connectivity index (χ0n) is 60.2. The first kappa shape index (κ1) is 65.8. The average molecular weight is 1390 g/mol. The Balaban J connectivity index is 0.000000147. The lowest BCUT2D eigenvalue weighted by molar-refractivity contribution is 0.353. The largest absolute Gasteiger partial charge is 0.208 e. The molecule has 0 radical (unpaired) electrons. The second-order valence-electron chi connectivity index (χ2n) is 29.4. The Morgan fingerprint density at radius 1 is 0.157 bits per heavy atom. The van der Waals surface area contributed by atoms with E-state index in [1.165, 1.54) is 148 Å². The molecular weight excluding hydrogens is 1310 g/mol. The summed E-state index contributed by atoms with van der Waals surface area (Å²) in [4.78, 5) is 29.5. The normalized spacial score (nSPS) is 14.1. The van der Waals surface area contributed by atoms with Gasteiger partial charge in [-0.3, -0.25) is 0 Å². The van der Waals surface area contributed by atoms with Crippen LogP contribution in [0.1, 0.15) is 86.5 Å². The van der Waals surface area contributed by atoms with Gasteiger partial charge in [-0.15, -0.1) is 0 Å². The summed E-state index contributed by atoms with van der Waals surface area (Å²) >= 11 is 0. The SMILES string of the molecule is c1ccc(-c2nc(-c3ccccc3)nc(-c3ccc(-c4cccc(-c5cccc(-c6cccc7c6C6(CCCCC6)c6ccccc6-7)c5)c4)cc3)n2)cc1.c1ccc(-c2nc(-c3ccccc3)nc(-c3cccc(-c4ccc(-c5ccc(-c6cccc7c6C6(CCCCC6)c6ccccc6-7)cc5)cc4)c3)n2)cc1. The first-order valence-electron chi connectivity index (χ1n) is 38.3. The fourth-order valence-electron chi connectivity index (χ4n) is 17.9. The molecule has 0 atom stereocenters. The predicted molar refractivity (Wildman–Crippen MR) is 443 cm³/mol. The Kier molecular flexibility index (Phi) is 17.4. The summed E-state index contributed by atoms with van der Waals surface area (Å²) in [5.41, 5.74) is 32.7. The molecule has 0 unspecified atom stereocenters. The van der Waals surface area contributed by atoms with E-state index in [-0.39, 0.29) is 10.8 Å². The van der Waals surface area contributed by atoms with Crippen molar-refractivity contribution in [3.05, 3.63) is 374 Å². The molecule has 0 saturated heterocycles. The van der Waals surface area contributed by atoms with Crippen LogP contribution in [0.2, 0.25) is 0 Å². The van der Waals surface area contributed by atoms with E-state index in [1.54, 1.807) is 11.1 Å². The van der Waals surface area contributed by atoms with Crippen molar-refractivity contribution in [1.29, 1.82) is 0 Å². The highest BCUT2D eigenvalue weighted by Gasteiger charge is 2.46. The number of hydrogen-bond acceptors (Lipinski definition) is 6. The van der Waals surface area contributed by atoms with Crippen LogP contribution in [0.4, 0.5) is 0 Å². The van der Waals surface area contributed by atoms with E-state index in [9.17, 15) is 0 Å². The zero-order chi connectivity index (χ0) is 71.8. The van der Waals surface area contributed by atoms with E-state index in [1.807, 2.05) is 121 Å². The molecule has 2 spiro atoms. The summed E-state index contributed by atoms with van der Waals surface area (Å²) in [5, 5.41) is 0. The van der Waals surface area contributed by atoms with Crippen LogP contribution in [0.3, 0.4) is 0 Å². The lowest BCUT2D eigenvalue weighted by Crippen LogP contribution is -2.28. The van der Waals surface area contributed by atoms with Crippen molar-refractivity contribution in [2.24, 2.45) is 0 Å². The van der Waals surface area contributed by atoms with Crippen LogP contribution in [0.5, 0.6) is 0 Å². The number of hydrogen-bond donors (Lipinski definition) is 0. The minimum absolute atomic E-state index is 0.108. The van der Waals surface area contributed by atoms with E-state index in [2.05, 4.69) is 231 Å².